The van der Waals surface area contributed by atoms with Crippen molar-refractivity contribution < 1.29 is 9.85 Å². The Labute approximate surface area is 131 Å². The lowest BCUT2D eigenvalue weighted by Crippen LogP contribution is -1.87. The minimum atomic E-state index is -0.427. The van der Waals surface area contributed by atoms with Gasteiger partial charge in [0.1, 0.15) is 0 Å². The lowest BCUT2D eigenvalue weighted by molar-refractivity contribution is -0.385. The van der Waals surface area contributed by atoms with Gasteiger partial charge in [-0.1, -0.05) is 24.3 Å². The van der Waals surface area contributed by atoms with E-state index in [-0.39, 0.29) is 11.4 Å². The third kappa shape index (κ3) is 4.71. The smallest absolute Gasteiger partial charge is 0.258 e. The number of para-hydroxylation sites is 2. The van der Waals surface area contributed by atoms with E-state index in [0.717, 1.165) is 0 Å². The summed E-state index contributed by atoms with van der Waals surface area (Å²) in [7, 11) is 0. The van der Waals surface area contributed by atoms with Crippen LogP contribution in [0.3, 0.4) is 0 Å². The van der Waals surface area contributed by atoms with E-state index in [1.165, 1.54) is 12.1 Å². The fourth-order valence-electron chi connectivity index (χ4n) is 1.20. The van der Waals surface area contributed by atoms with E-state index < -0.39 is 9.85 Å². The van der Waals surface area contributed by atoms with Gasteiger partial charge in [-0.05, 0) is 44.0 Å². The van der Waals surface area contributed by atoms with Gasteiger partial charge < -0.3 is 0 Å². The first-order valence-corrected chi connectivity index (χ1v) is 6.80. The molecule has 0 radical (unpaired) electrons. The van der Waals surface area contributed by atoms with Gasteiger partial charge in [-0.2, -0.15) is 0 Å². The van der Waals surface area contributed by atoms with Gasteiger partial charge in [-0.15, -0.1) is 0 Å². The number of halogens is 2. The average molecular weight is 404 g/mol. The van der Waals surface area contributed by atoms with E-state index in [9.17, 15) is 20.2 Å². The molecule has 0 atom stereocenters. The lowest BCUT2D eigenvalue weighted by Gasteiger charge is -1.91. The molecule has 6 nitrogen and oxygen atoms in total. The molecule has 2 rings (SSSR count). The Morgan fingerprint density at radius 3 is 1.20 bits per heavy atom. The van der Waals surface area contributed by atoms with E-state index >= 15 is 0 Å². The van der Waals surface area contributed by atoms with Crippen LogP contribution < -0.4 is 0 Å². The van der Waals surface area contributed by atoms with Crippen LogP contribution in [-0.2, 0) is 0 Å². The maximum atomic E-state index is 10.2. The summed E-state index contributed by atoms with van der Waals surface area (Å²) in [5.74, 6) is 0. The van der Waals surface area contributed by atoms with Crippen molar-refractivity contribution in [2.75, 3.05) is 0 Å². The summed E-state index contributed by atoms with van der Waals surface area (Å²) in [5, 5.41) is 20.4. The highest BCUT2D eigenvalue weighted by Gasteiger charge is 2.08. The molecule has 0 aromatic heterocycles. The van der Waals surface area contributed by atoms with E-state index in [1.807, 2.05) is 0 Å². The summed E-state index contributed by atoms with van der Waals surface area (Å²) in [4.78, 5) is 19.5. The van der Waals surface area contributed by atoms with Crippen LogP contribution in [0, 0.1) is 20.2 Å². The molecule has 0 spiro atoms. The molecule has 20 heavy (non-hydrogen) atoms. The summed E-state index contributed by atoms with van der Waals surface area (Å²) < 4.78 is 1.03. The van der Waals surface area contributed by atoms with Gasteiger partial charge in [-0.3, -0.25) is 20.2 Å². The Kier molecular flexibility index (Phi) is 6.26. The van der Waals surface area contributed by atoms with Crippen LogP contribution in [0.15, 0.2) is 57.5 Å². The number of nitro benzene ring substituents is 2. The van der Waals surface area contributed by atoms with Gasteiger partial charge in [0.15, 0.2) is 0 Å². The molecular weight excluding hydrogens is 396 g/mol. The van der Waals surface area contributed by atoms with Gasteiger partial charge in [0.05, 0.1) is 18.8 Å². The van der Waals surface area contributed by atoms with Crippen molar-refractivity contribution >= 4 is 43.2 Å². The Bertz CT molecular complexity index is 579. The predicted octanol–water partition coefficient (Wildman–Crippen LogP) is 4.71. The number of rotatable bonds is 2. The van der Waals surface area contributed by atoms with Crippen molar-refractivity contribution in [3.05, 3.63) is 77.7 Å². The zero-order chi connectivity index (χ0) is 15.1. The van der Waals surface area contributed by atoms with Crippen LogP contribution in [-0.4, -0.2) is 9.85 Å². The van der Waals surface area contributed by atoms with Gasteiger partial charge in [-0.25, -0.2) is 0 Å². The van der Waals surface area contributed by atoms with Gasteiger partial charge >= 0.3 is 0 Å². The SMILES string of the molecule is O=[N+]([O-])c1ccccc1Br.O=[N+]([O-])c1ccccc1Br. The minimum Gasteiger partial charge on any atom is -0.258 e. The molecule has 0 heterocycles. The number of hydrogen-bond acceptors (Lipinski definition) is 4. The number of benzene rings is 2. The Morgan fingerprint density at radius 2 is 1.00 bits per heavy atom. The van der Waals surface area contributed by atoms with Crippen molar-refractivity contribution in [3.63, 3.8) is 0 Å². The Morgan fingerprint density at radius 1 is 0.700 bits per heavy atom. The molecule has 2 aromatic rings. The molecule has 0 amide bonds. The van der Waals surface area contributed by atoms with Crippen molar-refractivity contribution in [3.8, 4) is 0 Å². The van der Waals surface area contributed by atoms with Crippen LogP contribution in [0.25, 0.3) is 0 Å². The molecule has 0 aliphatic carbocycles. The number of hydrogen-bond donors (Lipinski definition) is 0. The van der Waals surface area contributed by atoms with Gasteiger partial charge in [0, 0.05) is 12.1 Å². The fraction of sp³-hybridized carbons (Fsp3) is 0. The maximum absolute atomic E-state index is 10.2. The molecule has 0 aliphatic rings. The van der Waals surface area contributed by atoms with E-state index in [1.54, 1.807) is 36.4 Å². The van der Waals surface area contributed by atoms with Crippen molar-refractivity contribution in [1.29, 1.82) is 0 Å². The first-order valence-electron chi connectivity index (χ1n) is 5.21. The van der Waals surface area contributed by atoms with Crippen LogP contribution >= 0.6 is 31.9 Å². The molecule has 8 heteroatoms. The quantitative estimate of drug-likeness (QED) is 0.536. The third-order valence-electron chi connectivity index (χ3n) is 2.10. The molecule has 0 saturated carbocycles. The largest absolute Gasteiger partial charge is 0.283 e. The van der Waals surface area contributed by atoms with Crippen LogP contribution in [0.4, 0.5) is 11.4 Å². The molecular formula is C12H8Br2N2O4. The zero-order valence-electron chi connectivity index (χ0n) is 9.90. The minimum absolute atomic E-state index is 0.0995. The highest BCUT2D eigenvalue weighted by atomic mass is 79.9. The van der Waals surface area contributed by atoms with Crippen LogP contribution in [0.5, 0.6) is 0 Å². The molecule has 0 fully saturated rings. The molecule has 0 aliphatic heterocycles. The Hall–Kier alpha value is -1.80. The van der Waals surface area contributed by atoms with E-state index in [0.29, 0.717) is 8.95 Å². The van der Waals surface area contributed by atoms with E-state index in [2.05, 4.69) is 31.9 Å². The van der Waals surface area contributed by atoms with E-state index in [4.69, 9.17) is 0 Å². The number of nitro groups is 2. The first-order chi connectivity index (χ1) is 9.43. The van der Waals surface area contributed by atoms with Crippen molar-refractivity contribution in [2.24, 2.45) is 0 Å². The summed E-state index contributed by atoms with van der Waals surface area (Å²) in [6.07, 6.45) is 0. The molecule has 0 unspecified atom stereocenters. The topological polar surface area (TPSA) is 86.3 Å². The maximum Gasteiger partial charge on any atom is 0.283 e. The van der Waals surface area contributed by atoms with Gasteiger partial charge in [0.2, 0.25) is 0 Å². The average Bonchev–Trinajstić information content (AvgIpc) is 2.40. The summed E-state index contributed by atoms with van der Waals surface area (Å²) >= 11 is 6.11. The predicted molar refractivity (Wildman–Crippen MR) is 81.6 cm³/mol. The van der Waals surface area contributed by atoms with Gasteiger partial charge in [0.25, 0.3) is 11.4 Å². The lowest BCUT2D eigenvalue weighted by atomic mass is 10.3. The van der Waals surface area contributed by atoms with Crippen LogP contribution in [0.1, 0.15) is 0 Å². The highest BCUT2D eigenvalue weighted by molar-refractivity contribution is 9.11. The van der Waals surface area contributed by atoms with Crippen LogP contribution in [0.2, 0.25) is 0 Å². The highest BCUT2D eigenvalue weighted by Crippen LogP contribution is 2.23. The second-order valence-corrected chi connectivity index (χ2v) is 5.13. The summed E-state index contributed by atoms with van der Waals surface area (Å²) in [5.41, 5.74) is 0.199. The standard InChI is InChI=1S/2C6H4BrNO2/c2*7-5-3-1-2-4-6(5)8(9)10/h2*1-4H. The van der Waals surface area contributed by atoms with Crippen molar-refractivity contribution in [2.45, 2.75) is 0 Å². The Balaban J connectivity index is 0.000000200. The fourth-order valence-corrected chi connectivity index (χ4v) is 2.06. The summed E-state index contributed by atoms with van der Waals surface area (Å²) in [6.45, 7) is 0. The second kappa shape index (κ2) is 7.71. The first kappa shape index (κ1) is 16.3. The zero-order valence-corrected chi connectivity index (χ0v) is 13.1. The molecule has 0 saturated heterocycles. The molecule has 2 aromatic carbocycles. The molecule has 104 valence electrons. The number of nitrogens with zero attached hydrogens (tertiary/aromatic N) is 2. The monoisotopic (exact) mass is 402 g/mol. The third-order valence-corrected chi connectivity index (χ3v) is 3.44. The normalized spacial score (nSPS) is 9.30. The van der Waals surface area contributed by atoms with Crippen molar-refractivity contribution in [1.82, 2.24) is 0 Å². The molecule has 0 bridgehead atoms. The second-order valence-electron chi connectivity index (χ2n) is 3.42. The summed E-state index contributed by atoms with van der Waals surface area (Å²) in [6, 6.07) is 12.9. The molecule has 0 N–H and O–H groups in total.